The molecule has 5 aromatic rings. The van der Waals surface area contributed by atoms with Gasteiger partial charge in [-0.3, -0.25) is 0 Å². The molecule has 0 N–H and O–H groups in total. The average Bonchev–Trinajstić information content (AvgIpc) is 3.19. The zero-order chi connectivity index (χ0) is 24.9. The van der Waals surface area contributed by atoms with Gasteiger partial charge in [0.1, 0.15) is 0 Å². The molecule has 0 atom stereocenters. The number of fused-ring (bicyclic) bond motifs is 2. The zero-order valence-electron chi connectivity index (χ0n) is 19.8. The summed E-state index contributed by atoms with van der Waals surface area (Å²) in [4.78, 5) is 2.31. The van der Waals surface area contributed by atoms with Gasteiger partial charge in [-0.1, -0.05) is 62.2 Å². The van der Waals surface area contributed by atoms with Crippen LogP contribution in [0.5, 0.6) is 11.5 Å². The van der Waals surface area contributed by atoms with Crippen molar-refractivity contribution in [3.8, 4) is 22.6 Å². The number of ether oxygens (including phenoxy) is 2. The van der Waals surface area contributed by atoms with Crippen LogP contribution in [-0.2, 0) is 0 Å². The van der Waals surface area contributed by atoms with Gasteiger partial charge in [-0.05, 0) is 89.3 Å². The van der Waals surface area contributed by atoms with Crippen LogP contribution < -0.4 is 14.4 Å². The van der Waals surface area contributed by atoms with E-state index in [-0.39, 0.29) is 0 Å². The summed E-state index contributed by atoms with van der Waals surface area (Å²) in [7, 11) is 0. The second-order valence-electron chi connectivity index (χ2n) is 9.27. The summed E-state index contributed by atoms with van der Waals surface area (Å²) in [5.41, 5.74) is 5.45. The van der Waals surface area contributed by atoms with Gasteiger partial charge in [-0.15, -0.1) is 0 Å². The van der Waals surface area contributed by atoms with Gasteiger partial charge in [0.05, 0.1) is 5.69 Å². The van der Waals surface area contributed by atoms with E-state index in [9.17, 15) is 0 Å². The van der Waals surface area contributed by atoms with Crippen molar-refractivity contribution in [2.45, 2.75) is 19.6 Å². The highest BCUT2D eigenvalue weighted by molar-refractivity contribution is 9.10. The van der Waals surface area contributed by atoms with Crippen molar-refractivity contribution in [3.05, 3.63) is 112 Å². The number of hydrogen-bond donors (Lipinski definition) is 0. The molecule has 0 saturated heterocycles. The molecule has 5 aromatic carbocycles. The van der Waals surface area contributed by atoms with E-state index >= 15 is 0 Å². The maximum atomic E-state index is 6.04. The fourth-order valence-electron chi connectivity index (χ4n) is 4.65. The van der Waals surface area contributed by atoms with Crippen molar-refractivity contribution in [1.29, 1.82) is 0 Å². The molecule has 0 radical (unpaired) electrons. The standard InChI is InChI=1S/C31H23Br2NO2/c1-31(2)35-29-16-7-20(19-30(29)36-31)22-17-21-5-3-4-6-27(21)28(18-22)34(25-12-8-23(32)9-13-25)26-14-10-24(33)11-15-26/h3-19H,1-2H3. The minimum absolute atomic E-state index is 0.657. The second kappa shape index (κ2) is 8.99. The molecule has 178 valence electrons. The molecule has 1 heterocycles. The summed E-state index contributed by atoms with van der Waals surface area (Å²) in [5.74, 6) is 0.885. The molecule has 0 fully saturated rings. The first kappa shape index (κ1) is 23.1. The second-order valence-corrected chi connectivity index (χ2v) is 11.1. The minimum Gasteiger partial charge on any atom is -0.449 e. The quantitative estimate of drug-likeness (QED) is 0.205. The van der Waals surface area contributed by atoms with Crippen LogP contribution >= 0.6 is 31.9 Å². The Bertz CT molecular complexity index is 1530. The smallest absolute Gasteiger partial charge is 0.246 e. The van der Waals surface area contributed by atoms with Gasteiger partial charge in [0, 0.05) is 39.6 Å². The molecular formula is C31H23Br2NO2. The lowest BCUT2D eigenvalue weighted by Gasteiger charge is -2.27. The predicted octanol–water partition coefficient (Wildman–Crippen LogP) is 10.0. The maximum Gasteiger partial charge on any atom is 0.246 e. The van der Waals surface area contributed by atoms with Crippen LogP contribution in [0.15, 0.2) is 112 Å². The fourth-order valence-corrected chi connectivity index (χ4v) is 5.18. The van der Waals surface area contributed by atoms with Crippen molar-refractivity contribution in [1.82, 2.24) is 0 Å². The highest BCUT2D eigenvalue weighted by atomic mass is 79.9. The van der Waals surface area contributed by atoms with Crippen LogP contribution in [-0.4, -0.2) is 5.79 Å². The SMILES string of the molecule is CC1(C)Oc2ccc(-c3cc(N(c4ccc(Br)cc4)c4ccc(Br)cc4)c4ccccc4c3)cc2O1. The van der Waals surface area contributed by atoms with Crippen LogP contribution in [0.3, 0.4) is 0 Å². The Kier molecular flexibility index (Phi) is 5.78. The van der Waals surface area contributed by atoms with E-state index in [1.165, 1.54) is 10.8 Å². The summed E-state index contributed by atoms with van der Waals surface area (Å²) in [5, 5.41) is 2.34. The number of anilines is 3. The third-order valence-corrected chi connectivity index (χ3v) is 7.30. The number of nitrogens with zero attached hydrogens (tertiary/aromatic N) is 1. The third-order valence-electron chi connectivity index (χ3n) is 6.24. The van der Waals surface area contributed by atoms with Gasteiger partial charge < -0.3 is 14.4 Å². The predicted molar refractivity (Wildman–Crippen MR) is 155 cm³/mol. The first-order valence-corrected chi connectivity index (χ1v) is 13.3. The van der Waals surface area contributed by atoms with E-state index in [0.29, 0.717) is 0 Å². The van der Waals surface area contributed by atoms with E-state index < -0.39 is 5.79 Å². The van der Waals surface area contributed by atoms with Gasteiger partial charge in [-0.2, -0.15) is 0 Å². The van der Waals surface area contributed by atoms with Crippen molar-refractivity contribution in [3.63, 3.8) is 0 Å². The molecule has 0 aliphatic carbocycles. The summed E-state index contributed by atoms with van der Waals surface area (Å²) >= 11 is 7.17. The summed E-state index contributed by atoms with van der Waals surface area (Å²) in [6.45, 7) is 3.85. The molecule has 0 unspecified atom stereocenters. The molecule has 1 aliphatic rings. The molecule has 36 heavy (non-hydrogen) atoms. The van der Waals surface area contributed by atoms with Gasteiger partial charge in [-0.25, -0.2) is 0 Å². The van der Waals surface area contributed by atoms with Crippen molar-refractivity contribution in [2.24, 2.45) is 0 Å². The van der Waals surface area contributed by atoms with Crippen molar-refractivity contribution < 1.29 is 9.47 Å². The molecule has 0 saturated carbocycles. The lowest BCUT2D eigenvalue weighted by molar-refractivity contribution is -0.0431. The zero-order valence-corrected chi connectivity index (χ0v) is 23.0. The molecule has 0 aromatic heterocycles. The van der Waals surface area contributed by atoms with Crippen molar-refractivity contribution in [2.75, 3.05) is 4.90 Å². The monoisotopic (exact) mass is 599 g/mol. The number of rotatable bonds is 4. The minimum atomic E-state index is -0.657. The van der Waals surface area contributed by atoms with Crippen LogP contribution in [0, 0.1) is 0 Å². The number of halogens is 2. The molecule has 0 bridgehead atoms. The van der Waals surface area contributed by atoms with Gasteiger partial charge in [0.15, 0.2) is 11.5 Å². The van der Waals surface area contributed by atoms with E-state index in [2.05, 4.69) is 134 Å². The van der Waals surface area contributed by atoms with Gasteiger partial charge >= 0.3 is 0 Å². The van der Waals surface area contributed by atoms with Crippen LogP contribution in [0.2, 0.25) is 0 Å². The van der Waals surface area contributed by atoms with Crippen LogP contribution in [0.1, 0.15) is 13.8 Å². The summed E-state index contributed by atoms with van der Waals surface area (Å²) in [6, 6.07) is 36.0. The molecule has 3 nitrogen and oxygen atoms in total. The third kappa shape index (κ3) is 4.38. The molecule has 6 rings (SSSR count). The number of benzene rings is 5. The summed E-state index contributed by atoms with van der Waals surface area (Å²) < 4.78 is 14.0. The normalized spacial score (nSPS) is 13.7. The highest BCUT2D eigenvalue weighted by Crippen LogP contribution is 2.45. The fraction of sp³-hybridized carbons (Fsp3) is 0.0968. The van der Waals surface area contributed by atoms with E-state index in [4.69, 9.17) is 9.47 Å². The Balaban J connectivity index is 1.57. The van der Waals surface area contributed by atoms with E-state index in [1.54, 1.807) is 0 Å². The summed E-state index contributed by atoms with van der Waals surface area (Å²) in [6.07, 6.45) is 0. The van der Waals surface area contributed by atoms with Crippen LogP contribution in [0.25, 0.3) is 21.9 Å². The van der Waals surface area contributed by atoms with E-state index in [1.807, 2.05) is 19.9 Å². The Morgan fingerprint density at radius 2 is 1.22 bits per heavy atom. The largest absolute Gasteiger partial charge is 0.449 e. The lowest BCUT2D eigenvalue weighted by atomic mass is 9.98. The Morgan fingerprint density at radius 3 is 1.89 bits per heavy atom. The average molecular weight is 601 g/mol. The Hall–Kier alpha value is -3.28. The Labute approximate surface area is 227 Å². The first-order valence-electron chi connectivity index (χ1n) is 11.7. The molecule has 5 heteroatoms. The van der Waals surface area contributed by atoms with Gasteiger partial charge in [0.25, 0.3) is 0 Å². The van der Waals surface area contributed by atoms with Gasteiger partial charge in [0.2, 0.25) is 5.79 Å². The molecule has 0 spiro atoms. The van der Waals surface area contributed by atoms with E-state index in [0.717, 1.165) is 48.6 Å². The van der Waals surface area contributed by atoms with Crippen molar-refractivity contribution >= 4 is 59.7 Å². The highest BCUT2D eigenvalue weighted by Gasteiger charge is 2.31. The number of hydrogen-bond acceptors (Lipinski definition) is 3. The lowest BCUT2D eigenvalue weighted by Crippen LogP contribution is -2.29. The van der Waals surface area contributed by atoms with Crippen LogP contribution in [0.4, 0.5) is 17.1 Å². The Morgan fingerprint density at radius 1 is 0.611 bits per heavy atom. The topological polar surface area (TPSA) is 21.7 Å². The maximum absolute atomic E-state index is 6.04. The molecular weight excluding hydrogens is 578 g/mol. The first-order chi connectivity index (χ1) is 17.4. The molecule has 0 amide bonds. The molecule has 1 aliphatic heterocycles.